The summed E-state index contributed by atoms with van der Waals surface area (Å²) in [6, 6.07) is 10.1. The Morgan fingerprint density at radius 1 is 1.14 bits per heavy atom. The minimum Gasteiger partial charge on any atom is -0.326 e. The molecule has 0 aliphatic carbocycles. The molecule has 0 spiro atoms. The second-order valence-electron chi connectivity index (χ2n) is 6.44. The lowest BCUT2D eigenvalue weighted by molar-refractivity contribution is -0.114. The smallest absolute Gasteiger partial charge is 0.221 e. The standard InChI is InChI=1S/C21H20FN3O2S/c1-13-4-6-17(10-14(13)2)25-9-8-23-21(25)28-12-20(27)18-7-5-16(11-19(18)22)24-15(3)26/h4-11H,12H2,1-3H3,(H,24,26). The van der Waals surface area contributed by atoms with Crippen molar-refractivity contribution in [1.82, 2.24) is 9.55 Å². The van der Waals surface area contributed by atoms with Gasteiger partial charge >= 0.3 is 0 Å². The minimum atomic E-state index is -0.658. The summed E-state index contributed by atoms with van der Waals surface area (Å²) in [5.41, 5.74) is 3.64. The summed E-state index contributed by atoms with van der Waals surface area (Å²) in [5.74, 6) is -1.24. The molecule has 28 heavy (non-hydrogen) atoms. The molecular formula is C21H20FN3O2S. The van der Waals surface area contributed by atoms with Crippen molar-refractivity contribution in [2.75, 3.05) is 11.1 Å². The number of imidazole rings is 1. The topological polar surface area (TPSA) is 64.0 Å². The van der Waals surface area contributed by atoms with Crippen molar-refractivity contribution in [1.29, 1.82) is 0 Å². The molecule has 1 amide bonds. The van der Waals surface area contributed by atoms with Gasteiger partial charge in [-0.1, -0.05) is 17.8 Å². The molecule has 144 valence electrons. The van der Waals surface area contributed by atoms with E-state index in [0.717, 1.165) is 11.8 Å². The Labute approximate surface area is 167 Å². The second kappa shape index (κ2) is 8.39. The van der Waals surface area contributed by atoms with E-state index in [2.05, 4.69) is 16.4 Å². The molecule has 0 saturated heterocycles. The van der Waals surface area contributed by atoms with E-state index >= 15 is 0 Å². The maximum absolute atomic E-state index is 14.2. The summed E-state index contributed by atoms with van der Waals surface area (Å²) in [6.45, 7) is 5.43. The van der Waals surface area contributed by atoms with Gasteiger partial charge in [0.05, 0.1) is 11.3 Å². The molecule has 3 rings (SSSR count). The summed E-state index contributed by atoms with van der Waals surface area (Å²) >= 11 is 1.25. The first-order valence-corrected chi connectivity index (χ1v) is 9.68. The predicted molar refractivity (Wildman–Crippen MR) is 109 cm³/mol. The van der Waals surface area contributed by atoms with Crippen molar-refractivity contribution in [3.8, 4) is 5.69 Å². The van der Waals surface area contributed by atoms with E-state index < -0.39 is 5.82 Å². The highest BCUT2D eigenvalue weighted by molar-refractivity contribution is 7.99. The van der Waals surface area contributed by atoms with E-state index in [1.54, 1.807) is 6.20 Å². The molecule has 3 aromatic rings. The molecule has 7 heteroatoms. The lowest BCUT2D eigenvalue weighted by Gasteiger charge is -2.10. The fourth-order valence-corrected chi connectivity index (χ4v) is 3.56. The highest BCUT2D eigenvalue weighted by atomic mass is 32.2. The first-order valence-electron chi connectivity index (χ1n) is 8.69. The summed E-state index contributed by atoms with van der Waals surface area (Å²) in [6.07, 6.45) is 3.50. The van der Waals surface area contributed by atoms with Crippen LogP contribution in [0.4, 0.5) is 10.1 Å². The quantitative estimate of drug-likeness (QED) is 0.489. The van der Waals surface area contributed by atoms with Gasteiger partial charge in [-0.05, 0) is 55.3 Å². The van der Waals surface area contributed by atoms with Crippen LogP contribution in [0.5, 0.6) is 0 Å². The highest BCUT2D eigenvalue weighted by Crippen LogP contribution is 2.24. The van der Waals surface area contributed by atoms with Gasteiger partial charge < -0.3 is 5.32 Å². The normalized spacial score (nSPS) is 10.7. The zero-order valence-electron chi connectivity index (χ0n) is 15.8. The molecule has 0 radical (unpaired) electrons. The predicted octanol–water partition coefficient (Wildman–Crippen LogP) is 4.56. The number of carbonyl (C=O) groups is 2. The van der Waals surface area contributed by atoms with Crippen LogP contribution in [-0.2, 0) is 4.79 Å². The van der Waals surface area contributed by atoms with E-state index in [1.165, 1.54) is 41.9 Å². The number of ketones is 1. The Balaban J connectivity index is 1.73. The first-order chi connectivity index (χ1) is 13.3. The number of rotatable bonds is 6. The van der Waals surface area contributed by atoms with Gasteiger partial charge in [0.15, 0.2) is 10.9 Å². The van der Waals surface area contributed by atoms with Crippen LogP contribution in [0, 0.1) is 19.7 Å². The molecule has 2 aromatic carbocycles. The summed E-state index contributed by atoms with van der Waals surface area (Å²) in [4.78, 5) is 27.8. The third kappa shape index (κ3) is 4.48. The Morgan fingerprint density at radius 2 is 1.93 bits per heavy atom. The van der Waals surface area contributed by atoms with Crippen LogP contribution in [0.3, 0.4) is 0 Å². The van der Waals surface area contributed by atoms with Crippen LogP contribution in [0.1, 0.15) is 28.4 Å². The Kier molecular flexibility index (Phi) is 5.94. The minimum absolute atomic E-state index is 0.00844. The zero-order valence-corrected chi connectivity index (χ0v) is 16.6. The SMILES string of the molecule is CC(=O)Nc1ccc(C(=O)CSc2nccn2-c2ccc(C)c(C)c2)c(F)c1. The third-order valence-corrected chi connectivity index (χ3v) is 5.26. The van der Waals surface area contributed by atoms with Crippen molar-refractivity contribution in [3.05, 3.63) is 71.3 Å². The molecule has 0 aliphatic rings. The van der Waals surface area contributed by atoms with E-state index in [0.29, 0.717) is 10.8 Å². The van der Waals surface area contributed by atoms with Gasteiger partial charge in [-0.15, -0.1) is 0 Å². The number of aryl methyl sites for hydroxylation is 2. The van der Waals surface area contributed by atoms with Crippen LogP contribution in [0.2, 0.25) is 0 Å². The molecule has 0 unspecified atom stereocenters. The molecule has 1 heterocycles. The molecule has 1 N–H and O–H groups in total. The molecule has 0 bridgehead atoms. The van der Waals surface area contributed by atoms with Gasteiger partial charge in [0.2, 0.25) is 5.91 Å². The number of carbonyl (C=O) groups excluding carboxylic acids is 2. The van der Waals surface area contributed by atoms with Crippen molar-refractivity contribution in [3.63, 3.8) is 0 Å². The number of aromatic nitrogens is 2. The Morgan fingerprint density at radius 3 is 2.61 bits per heavy atom. The van der Waals surface area contributed by atoms with Crippen molar-refractivity contribution in [2.24, 2.45) is 0 Å². The number of halogens is 1. The van der Waals surface area contributed by atoms with E-state index in [9.17, 15) is 14.0 Å². The molecule has 0 aliphatic heterocycles. The number of hydrogen-bond donors (Lipinski definition) is 1. The van der Waals surface area contributed by atoms with Crippen molar-refractivity contribution in [2.45, 2.75) is 25.9 Å². The first kappa shape index (κ1) is 19.8. The number of anilines is 1. The molecule has 0 fully saturated rings. The van der Waals surface area contributed by atoms with Gasteiger partial charge in [0.25, 0.3) is 0 Å². The maximum atomic E-state index is 14.2. The number of thioether (sulfide) groups is 1. The molecule has 1 aromatic heterocycles. The Hall–Kier alpha value is -2.93. The monoisotopic (exact) mass is 397 g/mol. The molecular weight excluding hydrogens is 377 g/mol. The fourth-order valence-electron chi connectivity index (χ4n) is 2.70. The van der Waals surface area contributed by atoms with Gasteiger partial charge in [-0.2, -0.15) is 0 Å². The summed E-state index contributed by atoms with van der Waals surface area (Å²) < 4.78 is 16.1. The van der Waals surface area contributed by atoms with E-state index in [-0.39, 0.29) is 23.0 Å². The molecule has 0 atom stereocenters. The van der Waals surface area contributed by atoms with E-state index in [1.807, 2.05) is 36.7 Å². The van der Waals surface area contributed by atoms with Crippen LogP contribution < -0.4 is 5.32 Å². The fraction of sp³-hybridized carbons (Fsp3) is 0.190. The van der Waals surface area contributed by atoms with Crippen LogP contribution in [-0.4, -0.2) is 27.0 Å². The van der Waals surface area contributed by atoms with Crippen molar-refractivity contribution < 1.29 is 14.0 Å². The van der Waals surface area contributed by atoms with Gasteiger partial charge in [-0.25, -0.2) is 9.37 Å². The molecule has 5 nitrogen and oxygen atoms in total. The number of amides is 1. The van der Waals surface area contributed by atoms with Crippen LogP contribution in [0.25, 0.3) is 5.69 Å². The number of nitrogens with one attached hydrogen (secondary N) is 1. The highest BCUT2D eigenvalue weighted by Gasteiger charge is 2.15. The zero-order chi connectivity index (χ0) is 20.3. The second-order valence-corrected chi connectivity index (χ2v) is 7.38. The maximum Gasteiger partial charge on any atom is 0.221 e. The van der Waals surface area contributed by atoms with Crippen LogP contribution >= 0.6 is 11.8 Å². The Bertz CT molecular complexity index is 1050. The average molecular weight is 397 g/mol. The van der Waals surface area contributed by atoms with Gasteiger partial charge in [0, 0.05) is 30.7 Å². The van der Waals surface area contributed by atoms with Crippen molar-refractivity contribution >= 4 is 29.1 Å². The largest absolute Gasteiger partial charge is 0.326 e. The lowest BCUT2D eigenvalue weighted by atomic mass is 10.1. The van der Waals surface area contributed by atoms with Gasteiger partial charge in [0.1, 0.15) is 5.82 Å². The average Bonchev–Trinajstić information content (AvgIpc) is 3.10. The number of benzene rings is 2. The number of nitrogens with zero attached hydrogens (tertiary/aromatic N) is 2. The lowest BCUT2D eigenvalue weighted by Crippen LogP contribution is -2.09. The molecule has 0 saturated carbocycles. The number of hydrogen-bond acceptors (Lipinski definition) is 4. The van der Waals surface area contributed by atoms with E-state index in [4.69, 9.17) is 0 Å². The third-order valence-electron chi connectivity index (χ3n) is 4.30. The summed E-state index contributed by atoms with van der Waals surface area (Å²) in [7, 11) is 0. The number of Topliss-reactive ketones (excluding diaryl/α,β-unsaturated/α-hetero) is 1. The van der Waals surface area contributed by atoms with Crippen LogP contribution in [0.15, 0.2) is 53.9 Å². The van der Waals surface area contributed by atoms with Gasteiger partial charge in [-0.3, -0.25) is 14.2 Å². The summed E-state index contributed by atoms with van der Waals surface area (Å²) in [5, 5.41) is 3.15.